The van der Waals surface area contributed by atoms with Gasteiger partial charge in [-0.3, -0.25) is 0 Å². The van der Waals surface area contributed by atoms with Gasteiger partial charge in [0.25, 0.3) is 0 Å². The third kappa shape index (κ3) is 3.25. The summed E-state index contributed by atoms with van der Waals surface area (Å²) in [6.07, 6.45) is -0.658. The lowest BCUT2D eigenvalue weighted by Crippen LogP contribution is -2.05. The van der Waals surface area contributed by atoms with Crippen LogP contribution in [0.2, 0.25) is 5.02 Å². The number of halogens is 2. The van der Waals surface area contributed by atoms with Gasteiger partial charge < -0.3 is 9.84 Å². The standard InChI is InChI=1S/C15H14ClFO2/c1-19-15-9-11(16)6-7-12(15)14(18)8-10-4-2-3-5-13(10)17/h2-7,9,14,18H,8H2,1H3. The molecule has 1 atom stereocenters. The molecule has 0 aromatic heterocycles. The summed E-state index contributed by atoms with van der Waals surface area (Å²) in [6, 6.07) is 11.4. The van der Waals surface area contributed by atoms with E-state index in [0.717, 1.165) is 0 Å². The predicted molar refractivity (Wildman–Crippen MR) is 73.1 cm³/mol. The molecular weight excluding hydrogens is 267 g/mol. The summed E-state index contributed by atoms with van der Waals surface area (Å²) < 4.78 is 18.7. The molecule has 2 nitrogen and oxygen atoms in total. The molecule has 0 radical (unpaired) electrons. The summed E-state index contributed by atoms with van der Waals surface area (Å²) in [5, 5.41) is 10.7. The summed E-state index contributed by atoms with van der Waals surface area (Å²) in [6.45, 7) is 0. The van der Waals surface area contributed by atoms with Gasteiger partial charge in [-0.2, -0.15) is 0 Å². The van der Waals surface area contributed by atoms with Crippen molar-refractivity contribution < 1.29 is 14.2 Å². The van der Waals surface area contributed by atoms with Crippen molar-refractivity contribution in [3.8, 4) is 5.75 Å². The van der Waals surface area contributed by atoms with Gasteiger partial charge in [0.2, 0.25) is 0 Å². The van der Waals surface area contributed by atoms with Crippen LogP contribution >= 0.6 is 11.6 Å². The zero-order valence-corrected chi connectivity index (χ0v) is 11.2. The van der Waals surface area contributed by atoms with Crippen LogP contribution in [0.25, 0.3) is 0 Å². The van der Waals surface area contributed by atoms with Gasteiger partial charge in [0.05, 0.1) is 13.2 Å². The molecule has 0 heterocycles. The van der Waals surface area contributed by atoms with E-state index in [1.54, 1.807) is 36.4 Å². The van der Waals surface area contributed by atoms with Crippen LogP contribution in [0, 0.1) is 5.82 Å². The molecule has 0 aliphatic rings. The lowest BCUT2D eigenvalue weighted by molar-refractivity contribution is 0.172. The van der Waals surface area contributed by atoms with E-state index in [1.807, 2.05) is 0 Å². The lowest BCUT2D eigenvalue weighted by atomic mass is 10.0. The number of aliphatic hydroxyl groups is 1. The zero-order valence-electron chi connectivity index (χ0n) is 10.4. The molecule has 1 unspecified atom stereocenters. The fourth-order valence-electron chi connectivity index (χ4n) is 1.94. The molecule has 100 valence electrons. The third-order valence-electron chi connectivity index (χ3n) is 2.93. The van der Waals surface area contributed by atoms with Crippen LogP contribution in [-0.4, -0.2) is 12.2 Å². The van der Waals surface area contributed by atoms with Crippen molar-refractivity contribution in [2.45, 2.75) is 12.5 Å². The maximum Gasteiger partial charge on any atom is 0.126 e. The maximum absolute atomic E-state index is 13.5. The fourth-order valence-corrected chi connectivity index (χ4v) is 2.10. The Hall–Kier alpha value is -1.58. The molecule has 2 aromatic carbocycles. The molecule has 0 aliphatic heterocycles. The first-order chi connectivity index (χ1) is 9.11. The average molecular weight is 281 g/mol. The van der Waals surface area contributed by atoms with Crippen molar-refractivity contribution in [1.29, 1.82) is 0 Å². The number of aliphatic hydroxyl groups excluding tert-OH is 1. The van der Waals surface area contributed by atoms with E-state index in [-0.39, 0.29) is 12.2 Å². The van der Waals surface area contributed by atoms with E-state index in [2.05, 4.69) is 0 Å². The largest absolute Gasteiger partial charge is 0.496 e. The Morgan fingerprint density at radius 1 is 1.26 bits per heavy atom. The Morgan fingerprint density at radius 2 is 2.00 bits per heavy atom. The Morgan fingerprint density at radius 3 is 2.68 bits per heavy atom. The van der Waals surface area contributed by atoms with Gasteiger partial charge in [-0.1, -0.05) is 35.9 Å². The topological polar surface area (TPSA) is 29.5 Å². The van der Waals surface area contributed by atoms with Crippen molar-refractivity contribution in [3.63, 3.8) is 0 Å². The van der Waals surface area contributed by atoms with Crippen molar-refractivity contribution in [3.05, 3.63) is 64.4 Å². The molecule has 0 saturated carbocycles. The normalized spacial score (nSPS) is 12.2. The van der Waals surface area contributed by atoms with Gasteiger partial charge >= 0.3 is 0 Å². The van der Waals surface area contributed by atoms with E-state index in [9.17, 15) is 9.50 Å². The maximum atomic E-state index is 13.5. The second-order valence-corrected chi connectivity index (χ2v) is 4.63. The van der Waals surface area contributed by atoms with Crippen LogP contribution in [0.5, 0.6) is 5.75 Å². The highest BCUT2D eigenvalue weighted by Crippen LogP contribution is 2.30. The van der Waals surface area contributed by atoms with Crippen LogP contribution < -0.4 is 4.74 Å². The van der Waals surface area contributed by atoms with E-state index >= 15 is 0 Å². The van der Waals surface area contributed by atoms with Gasteiger partial charge in [-0.15, -0.1) is 0 Å². The molecule has 2 rings (SSSR count). The average Bonchev–Trinajstić information content (AvgIpc) is 2.41. The minimum absolute atomic E-state index is 0.185. The number of methoxy groups -OCH3 is 1. The van der Waals surface area contributed by atoms with Crippen molar-refractivity contribution >= 4 is 11.6 Å². The molecule has 4 heteroatoms. The van der Waals surface area contributed by atoms with E-state index in [4.69, 9.17) is 16.3 Å². The third-order valence-corrected chi connectivity index (χ3v) is 3.16. The van der Waals surface area contributed by atoms with Crippen molar-refractivity contribution in [1.82, 2.24) is 0 Å². The highest BCUT2D eigenvalue weighted by Gasteiger charge is 2.15. The molecular formula is C15H14ClFO2. The Kier molecular flexibility index (Phi) is 4.40. The van der Waals surface area contributed by atoms with Gasteiger partial charge in [0.1, 0.15) is 11.6 Å². The number of rotatable bonds is 4. The van der Waals surface area contributed by atoms with Crippen molar-refractivity contribution in [2.75, 3.05) is 7.11 Å². The molecule has 2 aromatic rings. The second kappa shape index (κ2) is 6.04. The van der Waals surface area contributed by atoms with Crippen LogP contribution in [0.3, 0.4) is 0 Å². The van der Waals surface area contributed by atoms with Crippen LogP contribution in [0.1, 0.15) is 17.2 Å². The molecule has 0 bridgehead atoms. The fraction of sp³-hybridized carbons (Fsp3) is 0.200. The van der Waals surface area contributed by atoms with Crippen LogP contribution in [-0.2, 0) is 6.42 Å². The predicted octanol–water partition coefficient (Wildman–Crippen LogP) is 3.76. The summed E-state index contributed by atoms with van der Waals surface area (Å²) >= 11 is 5.86. The smallest absolute Gasteiger partial charge is 0.126 e. The number of benzene rings is 2. The molecule has 0 amide bonds. The molecule has 1 N–H and O–H groups in total. The first-order valence-electron chi connectivity index (χ1n) is 5.86. The Labute approximate surface area is 116 Å². The van der Waals surface area contributed by atoms with Gasteiger partial charge in [-0.05, 0) is 23.8 Å². The molecule has 0 saturated heterocycles. The first kappa shape index (κ1) is 13.8. The molecule has 19 heavy (non-hydrogen) atoms. The van der Waals surface area contributed by atoms with Crippen molar-refractivity contribution in [2.24, 2.45) is 0 Å². The molecule has 0 spiro atoms. The molecule has 0 aliphatic carbocycles. The van der Waals surface area contributed by atoms with E-state index in [0.29, 0.717) is 21.9 Å². The van der Waals surface area contributed by atoms with Gasteiger partial charge in [0.15, 0.2) is 0 Å². The number of hydrogen-bond donors (Lipinski definition) is 1. The SMILES string of the molecule is COc1cc(Cl)ccc1C(O)Cc1ccccc1F. The quantitative estimate of drug-likeness (QED) is 0.924. The summed E-state index contributed by atoms with van der Waals surface area (Å²) in [7, 11) is 1.50. The second-order valence-electron chi connectivity index (χ2n) is 4.20. The number of hydrogen-bond acceptors (Lipinski definition) is 2. The Balaban J connectivity index is 2.25. The molecule has 0 fully saturated rings. The highest BCUT2D eigenvalue weighted by atomic mass is 35.5. The van der Waals surface area contributed by atoms with E-state index in [1.165, 1.54) is 13.2 Å². The van der Waals surface area contributed by atoms with Gasteiger partial charge in [0, 0.05) is 17.0 Å². The summed E-state index contributed by atoms with van der Waals surface area (Å²) in [5.74, 6) is 0.172. The highest BCUT2D eigenvalue weighted by molar-refractivity contribution is 6.30. The minimum atomic E-state index is -0.843. The zero-order chi connectivity index (χ0) is 13.8. The first-order valence-corrected chi connectivity index (χ1v) is 6.24. The van der Waals surface area contributed by atoms with Gasteiger partial charge in [-0.25, -0.2) is 4.39 Å². The van der Waals surface area contributed by atoms with Crippen LogP contribution in [0.15, 0.2) is 42.5 Å². The summed E-state index contributed by atoms with van der Waals surface area (Å²) in [5.41, 5.74) is 1.06. The number of ether oxygens (including phenoxy) is 1. The Bertz CT molecular complexity index is 572. The summed E-state index contributed by atoms with van der Waals surface area (Å²) in [4.78, 5) is 0. The van der Waals surface area contributed by atoms with E-state index < -0.39 is 6.10 Å². The van der Waals surface area contributed by atoms with Crippen LogP contribution in [0.4, 0.5) is 4.39 Å². The lowest BCUT2D eigenvalue weighted by Gasteiger charge is -2.15. The monoisotopic (exact) mass is 280 g/mol. The minimum Gasteiger partial charge on any atom is -0.496 e.